The monoisotopic (exact) mass is 835 g/mol. The van der Waals surface area contributed by atoms with E-state index in [4.69, 9.17) is 18.5 Å². The van der Waals surface area contributed by atoms with E-state index in [1.807, 2.05) is 33.3 Å². The van der Waals surface area contributed by atoms with Crippen molar-refractivity contribution in [2.75, 3.05) is 47.5 Å². The van der Waals surface area contributed by atoms with Crippen LogP contribution in [0.4, 0.5) is 0 Å². The Morgan fingerprint density at radius 3 is 1.53 bits per heavy atom. The van der Waals surface area contributed by atoms with Gasteiger partial charge in [-0.25, -0.2) is 4.57 Å². The number of nitrogens with zero attached hydrogens (tertiary/aromatic N) is 1. The lowest BCUT2D eigenvalue weighted by molar-refractivity contribution is -0.870. The smallest absolute Gasteiger partial charge is 0.462 e. The molecule has 0 radical (unpaired) electrons. The van der Waals surface area contributed by atoms with Crippen LogP contribution in [0.1, 0.15) is 168 Å². The molecule has 0 saturated heterocycles. The third kappa shape index (κ3) is 43.0. The number of rotatable bonds is 40. The first-order chi connectivity index (χ1) is 28.0. The van der Waals surface area contributed by atoms with Crippen LogP contribution in [-0.2, 0) is 32.7 Å². The largest absolute Gasteiger partial charge is 0.472 e. The van der Waals surface area contributed by atoms with Crippen molar-refractivity contribution in [3.63, 3.8) is 0 Å². The summed E-state index contributed by atoms with van der Waals surface area (Å²) in [4.78, 5) is 35.3. The number of phosphoric acid groups is 1. The molecule has 0 aromatic carbocycles. The molecule has 0 saturated carbocycles. The van der Waals surface area contributed by atoms with E-state index >= 15 is 0 Å². The van der Waals surface area contributed by atoms with Gasteiger partial charge in [0.25, 0.3) is 0 Å². The second-order valence-corrected chi connectivity index (χ2v) is 17.5. The van der Waals surface area contributed by atoms with Crippen molar-refractivity contribution >= 4 is 19.8 Å². The van der Waals surface area contributed by atoms with Gasteiger partial charge in [-0.2, -0.15) is 0 Å². The molecule has 10 heteroatoms. The van der Waals surface area contributed by atoms with Gasteiger partial charge in [0.2, 0.25) is 0 Å². The molecule has 0 aliphatic heterocycles. The summed E-state index contributed by atoms with van der Waals surface area (Å²) in [5.74, 6) is -0.952. The third-order valence-corrected chi connectivity index (χ3v) is 10.2. The highest BCUT2D eigenvalue weighted by molar-refractivity contribution is 7.47. The Bertz CT molecular complexity index is 1220. The van der Waals surface area contributed by atoms with E-state index < -0.39 is 32.5 Å². The predicted molar refractivity (Wildman–Crippen MR) is 242 cm³/mol. The molecule has 9 nitrogen and oxygen atoms in total. The molecule has 0 fully saturated rings. The molecule has 0 aliphatic carbocycles. The van der Waals surface area contributed by atoms with Gasteiger partial charge in [0.15, 0.2) is 6.10 Å². The third-order valence-electron chi connectivity index (χ3n) is 9.25. The standard InChI is InChI=1S/C48H84NO8P/c1-6-8-10-12-14-16-18-20-22-23-24-25-27-28-30-32-34-36-38-40-47(50)54-44-46(45-56-58(52,53)55-43-42-49(3,4)5)57-48(51)41-39-37-35-33-31-29-26-21-19-17-15-13-11-9-7-2/h9,11,15,17,20-22,26,31,33,37,39,46H,6-8,10,12-14,16,18-19,23-25,27-30,32,34-36,38,40-45H2,1-5H3/p+1/b11-9-,17-15-,22-20-,26-21-,33-31-,39-37-. The summed E-state index contributed by atoms with van der Waals surface area (Å²) < 4.78 is 34.2. The molecule has 0 rings (SSSR count). The van der Waals surface area contributed by atoms with Crippen LogP contribution in [0.25, 0.3) is 0 Å². The Hall–Kier alpha value is -2.55. The number of allylic oxidation sites excluding steroid dienone is 11. The molecule has 0 heterocycles. The van der Waals surface area contributed by atoms with Gasteiger partial charge in [0.05, 0.1) is 34.2 Å². The fraction of sp³-hybridized carbons (Fsp3) is 0.708. The number of quaternary nitrogens is 1. The van der Waals surface area contributed by atoms with Gasteiger partial charge >= 0.3 is 19.8 Å². The molecule has 1 N–H and O–H groups in total. The Morgan fingerprint density at radius 1 is 0.569 bits per heavy atom. The first-order valence-corrected chi connectivity index (χ1v) is 24.2. The quantitative estimate of drug-likeness (QED) is 0.0214. The van der Waals surface area contributed by atoms with Crippen molar-refractivity contribution in [3.8, 4) is 0 Å². The summed E-state index contributed by atoms with van der Waals surface area (Å²) in [6.07, 6.45) is 49.8. The fourth-order valence-corrected chi connectivity index (χ4v) is 6.47. The van der Waals surface area contributed by atoms with Crippen LogP contribution >= 0.6 is 7.82 Å². The molecule has 0 aromatic rings. The first-order valence-electron chi connectivity index (χ1n) is 22.7. The minimum atomic E-state index is -4.40. The molecule has 2 unspecified atom stereocenters. The molecular formula is C48H85NO8P+. The Balaban J connectivity index is 4.43. The number of likely N-dealkylation sites (N-methyl/N-ethyl adjacent to an activating group) is 1. The molecule has 334 valence electrons. The van der Waals surface area contributed by atoms with E-state index in [0.29, 0.717) is 17.4 Å². The molecule has 0 bridgehead atoms. The lowest BCUT2D eigenvalue weighted by atomic mass is 10.1. The number of hydrogen-bond donors (Lipinski definition) is 1. The second-order valence-electron chi connectivity index (χ2n) is 16.1. The van der Waals surface area contributed by atoms with Gasteiger partial charge in [-0.05, 0) is 64.2 Å². The second kappa shape index (κ2) is 39.9. The van der Waals surface area contributed by atoms with Crippen molar-refractivity contribution < 1.29 is 42.1 Å². The van der Waals surface area contributed by atoms with Crippen LogP contribution in [0.3, 0.4) is 0 Å². The molecule has 0 aromatic heterocycles. The SMILES string of the molecule is CC/C=C\C/C=C\C/C=C\C/C=C\C/C=C\CC(=O)OC(COC(=O)CCCCCCCCCCC/C=C\CCCCCCCC)COP(=O)(O)OCC[N+](C)(C)C. The van der Waals surface area contributed by atoms with E-state index in [-0.39, 0.29) is 26.1 Å². The van der Waals surface area contributed by atoms with Gasteiger partial charge in [0, 0.05) is 6.42 Å². The molecular weight excluding hydrogens is 750 g/mol. The highest BCUT2D eigenvalue weighted by Gasteiger charge is 2.27. The van der Waals surface area contributed by atoms with E-state index in [1.54, 1.807) is 6.08 Å². The average molecular weight is 835 g/mol. The minimum absolute atomic E-state index is 0.00541. The average Bonchev–Trinajstić information content (AvgIpc) is 3.17. The number of carbonyl (C=O) groups is 2. The number of carbonyl (C=O) groups excluding carboxylic acids is 2. The number of ether oxygens (including phenoxy) is 2. The van der Waals surface area contributed by atoms with Crippen LogP contribution in [0, 0.1) is 0 Å². The van der Waals surface area contributed by atoms with Crippen molar-refractivity contribution in [2.24, 2.45) is 0 Å². The van der Waals surface area contributed by atoms with Gasteiger partial charge in [0.1, 0.15) is 19.8 Å². The topological polar surface area (TPSA) is 108 Å². The Kier molecular flexibility index (Phi) is 38.1. The van der Waals surface area contributed by atoms with Crippen molar-refractivity contribution in [1.29, 1.82) is 0 Å². The van der Waals surface area contributed by atoms with Crippen LogP contribution < -0.4 is 0 Å². The summed E-state index contributed by atoms with van der Waals surface area (Å²) >= 11 is 0. The maximum absolute atomic E-state index is 12.6. The van der Waals surface area contributed by atoms with E-state index in [1.165, 1.54) is 89.9 Å². The zero-order chi connectivity index (χ0) is 42.8. The van der Waals surface area contributed by atoms with Crippen LogP contribution in [-0.4, -0.2) is 74.9 Å². The summed E-state index contributed by atoms with van der Waals surface area (Å²) in [7, 11) is 1.41. The molecule has 0 aliphatic rings. The summed E-state index contributed by atoms with van der Waals surface area (Å²) in [6, 6.07) is 0. The normalized spacial score (nSPS) is 14.2. The summed E-state index contributed by atoms with van der Waals surface area (Å²) in [5, 5.41) is 0. The van der Waals surface area contributed by atoms with E-state index in [2.05, 4.69) is 68.5 Å². The highest BCUT2D eigenvalue weighted by atomic mass is 31.2. The predicted octanol–water partition coefficient (Wildman–Crippen LogP) is 13.0. The maximum atomic E-state index is 12.6. The molecule has 0 spiro atoms. The Morgan fingerprint density at radius 2 is 1.03 bits per heavy atom. The van der Waals surface area contributed by atoms with Gasteiger partial charge in [-0.15, -0.1) is 0 Å². The zero-order valence-corrected chi connectivity index (χ0v) is 38.4. The number of phosphoric ester groups is 1. The van der Waals surface area contributed by atoms with Gasteiger partial charge in [-0.3, -0.25) is 18.6 Å². The minimum Gasteiger partial charge on any atom is -0.462 e. The van der Waals surface area contributed by atoms with Gasteiger partial charge < -0.3 is 18.9 Å². The summed E-state index contributed by atoms with van der Waals surface area (Å²) in [5.41, 5.74) is 0. The van der Waals surface area contributed by atoms with Crippen molar-refractivity contribution in [1.82, 2.24) is 0 Å². The lowest BCUT2D eigenvalue weighted by Gasteiger charge is -2.24. The van der Waals surface area contributed by atoms with Crippen molar-refractivity contribution in [2.45, 2.75) is 174 Å². The highest BCUT2D eigenvalue weighted by Crippen LogP contribution is 2.43. The molecule has 58 heavy (non-hydrogen) atoms. The molecule has 2 atom stereocenters. The van der Waals surface area contributed by atoms with Crippen LogP contribution in [0.5, 0.6) is 0 Å². The number of unbranched alkanes of at least 4 members (excludes halogenated alkanes) is 15. The Labute approximate surface area is 355 Å². The lowest BCUT2D eigenvalue weighted by Crippen LogP contribution is -2.37. The first kappa shape index (κ1) is 55.5. The van der Waals surface area contributed by atoms with Gasteiger partial charge in [-0.1, -0.05) is 164 Å². The maximum Gasteiger partial charge on any atom is 0.472 e. The van der Waals surface area contributed by atoms with E-state index in [9.17, 15) is 19.0 Å². The zero-order valence-electron chi connectivity index (χ0n) is 37.5. The molecule has 0 amide bonds. The summed E-state index contributed by atoms with van der Waals surface area (Å²) in [6.45, 7) is 4.18. The number of esters is 2. The van der Waals surface area contributed by atoms with Crippen LogP contribution in [0.2, 0.25) is 0 Å². The van der Waals surface area contributed by atoms with Crippen molar-refractivity contribution in [3.05, 3.63) is 72.9 Å². The van der Waals surface area contributed by atoms with Crippen LogP contribution in [0.15, 0.2) is 72.9 Å². The fourth-order valence-electron chi connectivity index (χ4n) is 5.73. The number of hydrogen-bond acceptors (Lipinski definition) is 7. The van der Waals surface area contributed by atoms with E-state index in [0.717, 1.165) is 44.9 Å².